The Kier molecular flexibility index (Phi) is 31.7. The Morgan fingerprint density at radius 2 is 1.33 bits per heavy atom. The predicted octanol–water partition coefficient (Wildman–Crippen LogP) is 2.69. The van der Waals surface area contributed by atoms with Gasteiger partial charge < -0.3 is 148 Å². The molecule has 7 amide bonds. The lowest BCUT2D eigenvalue weighted by Crippen LogP contribution is -2.65. The zero-order chi connectivity index (χ0) is 88.9. The number of aliphatic carboxylic acids is 1. The number of aliphatic hydroxyl groups excluding tert-OH is 6. The fourth-order valence-electron chi connectivity index (χ4n) is 15.1. The zero-order valence-electron chi connectivity index (χ0n) is 67.8. The number of benzene rings is 5. The van der Waals surface area contributed by atoms with E-state index in [1.807, 2.05) is 0 Å². The SMILES string of the molecule is [2H]CN[C@@H](CC(C)C)C(=O)N[C@H]1C(=O)N[C@@H](CC(N)=O)C(=O)N[C@H]2C(=O)N[C@H]3C(=O)N[C@H](C(=O)N[C@H](C(=O)O)c4cc(O)c(CNCP(=O)(O)O)c(O)c4-c4cc3ccc4O)[C@H](O)c3ccc(c(Cl)c3)Oc3cc2cc(c3O[C@@H]2O[C@H](CO)[C@@H](O)[C@H](O)[C@H]2O[C@H]2C[C@](C)(NCCNCCCCCCCCCC)[C@H](O)[C@H](C)O2)Oc2ccc(cc2Cl)[C@H]1O. The third kappa shape index (κ3) is 23.0. The second kappa shape index (κ2) is 41.4. The number of phenols is 3. The van der Waals surface area contributed by atoms with Gasteiger partial charge in [-0.15, -0.1) is 0 Å². The summed E-state index contributed by atoms with van der Waals surface area (Å²) in [7, 11) is -5.35. The van der Waals surface area contributed by atoms with Crippen LogP contribution in [0.3, 0.4) is 0 Å². The van der Waals surface area contributed by atoms with E-state index < -0.39 is 281 Å². The van der Waals surface area contributed by atoms with Crippen LogP contribution in [-0.4, -0.2) is 227 Å². The number of hydrogen-bond donors (Lipinski definition) is 23. The highest BCUT2D eigenvalue weighted by molar-refractivity contribution is 7.51. The smallest absolute Gasteiger partial charge is 0.339 e. The maximum absolute atomic E-state index is 16.3. The van der Waals surface area contributed by atoms with Crippen LogP contribution in [0, 0.1) is 5.92 Å². The number of halogens is 2. The molecule has 662 valence electrons. The molecule has 41 heteroatoms. The average Bonchev–Trinajstić information content (AvgIpc) is 0.759. The summed E-state index contributed by atoms with van der Waals surface area (Å²) in [6.45, 7) is 8.85. The monoisotopic (exact) mass is 1750 g/mol. The molecule has 2 saturated heterocycles. The molecule has 0 spiro atoms. The van der Waals surface area contributed by atoms with Crippen molar-refractivity contribution in [2.75, 3.05) is 39.6 Å². The van der Waals surface area contributed by atoms with Gasteiger partial charge in [-0.1, -0.05) is 107 Å². The van der Waals surface area contributed by atoms with Gasteiger partial charge in [0.15, 0.2) is 29.9 Å². The van der Waals surface area contributed by atoms with E-state index in [4.69, 9.17) is 58.7 Å². The van der Waals surface area contributed by atoms with E-state index >= 15 is 24.0 Å². The third-order valence-electron chi connectivity index (χ3n) is 21.6. The Bertz CT molecular complexity index is 4670. The Morgan fingerprint density at radius 1 is 0.711 bits per heavy atom. The standard InChI is InChI=1S/C80H106Cl2N11O27P/c1-7-8-9-10-11-12-13-14-21-85-22-23-87-80(5)32-57(115-37(4)71(80)103)119-70-68(102)67(101)55(34-94)118-79(70)120-69-53-28-41-29-54(69)117-52-20-17-40(27-46(52)82)65(99)63-77(109)91-61(78(110)111)43-30-50(96)44(33-86-35-121(112,113)114)66(100)58(43)42-25-38(15-18-49(42)95)59(74(106)93-63)90-75(107)60(41)89-73(105)48(31-56(83)97)88-76(108)62(92-72(104)47(84-6)24-36(2)3)64(98)39-16-19-51(116-53)45(81)26-39/h15-20,25-30,36-37,47-48,55,57,59-65,67-68,70-71,79,84-87,94-96,98-103H,7-14,21-24,31-35H2,1-6H3,(H2,83,97)(H,88,108)(H,89,105)(H,90,107)(H,91,109)(H,92,104)(H,93,106)(H,110,111)(H2,112,113,114)/t37-,47-,48-,55+,57-,59+,60+,61-,62+,63-,64+,65+,67+,68-,70+,71+,79-,80-/m0/s1/i6D. The first-order chi connectivity index (χ1) is 57.8. The van der Waals surface area contributed by atoms with Gasteiger partial charge in [0.25, 0.3) is 0 Å². The van der Waals surface area contributed by atoms with Crippen LogP contribution in [0.4, 0.5) is 0 Å². The number of amides is 7. The number of nitrogens with one attached hydrogen (secondary N) is 10. The van der Waals surface area contributed by atoms with E-state index in [1.165, 1.54) is 31.4 Å². The molecule has 0 saturated carbocycles. The highest BCUT2D eigenvalue weighted by Crippen LogP contribution is 2.51. The van der Waals surface area contributed by atoms with Crippen LogP contribution in [0.25, 0.3) is 11.1 Å². The van der Waals surface area contributed by atoms with Crippen molar-refractivity contribution in [3.05, 3.63) is 116 Å². The molecule has 7 aliphatic rings. The second-order valence-electron chi connectivity index (χ2n) is 31.2. The number of carbonyl (C=O) groups is 8. The summed E-state index contributed by atoms with van der Waals surface area (Å²) in [5.74, 6) is -17.5. The quantitative estimate of drug-likeness (QED) is 0.0232. The largest absolute Gasteiger partial charge is 0.507 e. The molecule has 11 bridgehead atoms. The number of carbonyl (C=O) groups excluding carboxylic acids is 7. The molecule has 121 heavy (non-hydrogen) atoms. The highest BCUT2D eigenvalue weighted by Gasteiger charge is 2.52. The van der Waals surface area contributed by atoms with Crippen LogP contribution in [0.15, 0.2) is 72.8 Å². The molecule has 7 heterocycles. The molecule has 12 rings (SSSR count). The summed E-state index contributed by atoms with van der Waals surface area (Å²) in [4.78, 5) is 138. The number of primary amides is 1. The number of rotatable bonds is 30. The summed E-state index contributed by atoms with van der Waals surface area (Å²) in [5, 5.41) is 144. The normalized spacial score (nSPS) is 26.8. The first kappa shape index (κ1) is 92.6. The average molecular weight is 1760 g/mol. The van der Waals surface area contributed by atoms with E-state index in [0.717, 1.165) is 99.3 Å². The molecular formula is C80H106Cl2N11O27P. The number of nitrogens with two attached hydrogens (primary N) is 1. The van der Waals surface area contributed by atoms with Gasteiger partial charge in [-0.2, -0.15) is 0 Å². The highest BCUT2D eigenvalue weighted by atomic mass is 35.5. The Morgan fingerprint density at radius 3 is 1.94 bits per heavy atom. The van der Waals surface area contributed by atoms with Gasteiger partial charge in [0.1, 0.15) is 89.5 Å². The molecule has 5 aromatic rings. The van der Waals surface area contributed by atoms with Gasteiger partial charge in [-0.25, -0.2) is 4.79 Å². The molecule has 7 aliphatic heterocycles. The zero-order valence-corrected chi connectivity index (χ0v) is 69.2. The van der Waals surface area contributed by atoms with Crippen LogP contribution in [0.1, 0.15) is 170 Å². The molecule has 24 N–H and O–H groups in total. The van der Waals surface area contributed by atoms with Gasteiger partial charge in [-0.3, -0.25) is 38.1 Å². The number of fused-ring (bicyclic) bond motifs is 15. The van der Waals surface area contributed by atoms with Gasteiger partial charge in [0, 0.05) is 49.7 Å². The van der Waals surface area contributed by atoms with E-state index in [2.05, 4.69) is 60.1 Å². The van der Waals surface area contributed by atoms with E-state index in [9.17, 15) is 79.8 Å². The van der Waals surface area contributed by atoms with Crippen LogP contribution in [0.5, 0.6) is 46.0 Å². The number of carboxylic acids is 1. The number of aromatic hydroxyl groups is 3. The fourth-order valence-corrected chi connectivity index (χ4v) is 15.9. The number of ether oxygens (including phenoxy) is 6. The molecule has 38 nitrogen and oxygen atoms in total. The van der Waals surface area contributed by atoms with Gasteiger partial charge in [0.2, 0.25) is 53.4 Å². The lowest BCUT2D eigenvalue weighted by atomic mass is 9.85. The lowest BCUT2D eigenvalue weighted by molar-refractivity contribution is -0.334. The van der Waals surface area contributed by atoms with Crippen molar-refractivity contribution in [2.45, 2.75) is 221 Å². The van der Waals surface area contributed by atoms with E-state index in [-0.39, 0.29) is 35.6 Å². The molecule has 0 aliphatic carbocycles. The van der Waals surface area contributed by atoms with E-state index in [1.54, 1.807) is 27.7 Å². The molecule has 0 unspecified atom stereocenters. The van der Waals surface area contributed by atoms with Gasteiger partial charge in [-0.05, 0) is 123 Å². The number of likely N-dealkylation sites (N-methyl/N-ethyl adjacent to an activating group) is 1. The molecule has 2 fully saturated rings. The van der Waals surface area contributed by atoms with Crippen molar-refractivity contribution < 1.29 is 134 Å². The molecule has 18 atom stereocenters. The summed E-state index contributed by atoms with van der Waals surface area (Å²) in [6, 6.07) is -2.83. The minimum atomic E-state index is -4.85. The topological polar surface area (TPSA) is 598 Å². The molecule has 0 radical (unpaired) electrons. The van der Waals surface area contributed by atoms with Crippen LogP contribution < -0.4 is 73.1 Å². The van der Waals surface area contributed by atoms with E-state index in [0.29, 0.717) is 13.1 Å². The number of unbranched alkanes of at least 4 members (excludes halogenated alkanes) is 7. The van der Waals surface area contributed by atoms with Crippen molar-refractivity contribution in [3.8, 4) is 57.1 Å². The van der Waals surface area contributed by atoms with Crippen molar-refractivity contribution in [1.82, 2.24) is 53.2 Å². The first-order valence-electron chi connectivity index (χ1n) is 40.3. The third-order valence-corrected chi connectivity index (χ3v) is 22.8. The molecular weight excluding hydrogens is 1650 g/mol. The number of aliphatic hydroxyl groups is 6. The molecule has 0 aromatic heterocycles. The Labute approximate surface area is 707 Å². The fraction of sp³-hybridized carbons (Fsp3) is 0.525. The van der Waals surface area contributed by atoms with Crippen molar-refractivity contribution in [3.63, 3.8) is 0 Å². The maximum atomic E-state index is 16.3. The maximum Gasteiger partial charge on any atom is 0.339 e. The number of phenolic OH excluding ortho intramolecular Hbond substituents is 3. The predicted molar refractivity (Wildman–Crippen MR) is 432 cm³/mol. The summed E-state index contributed by atoms with van der Waals surface area (Å²) >= 11 is 14.3. The van der Waals surface area contributed by atoms with Crippen molar-refractivity contribution >= 4 is 78.1 Å². The first-order valence-corrected chi connectivity index (χ1v) is 42.1. The summed E-state index contributed by atoms with van der Waals surface area (Å²) < 4.78 is 59.3. The minimum absolute atomic E-state index is 0.0788. The summed E-state index contributed by atoms with van der Waals surface area (Å²) in [5.41, 5.74) is 0.446. The number of hydrogen-bond acceptors (Lipinski definition) is 28. The van der Waals surface area contributed by atoms with Crippen LogP contribution in [-0.2, 0) is 63.7 Å². The Balaban J connectivity index is 1.17. The second-order valence-corrected chi connectivity index (χ2v) is 33.7. The lowest BCUT2D eigenvalue weighted by Gasteiger charge is -2.48. The van der Waals surface area contributed by atoms with Gasteiger partial charge >= 0.3 is 13.6 Å². The summed E-state index contributed by atoms with van der Waals surface area (Å²) in [6.07, 6.45) is -10.9. The van der Waals surface area contributed by atoms with Gasteiger partial charge in [0.05, 0.1) is 53.2 Å². The van der Waals surface area contributed by atoms with Crippen LogP contribution >= 0.6 is 30.8 Å². The minimum Gasteiger partial charge on any atom is -0.507 e. The Hall–Kier alpha value is -9.13. The number of carboxylic acid groups (broad SMARTS) is 1. The molecule has 5 aromatic carbocycles. The van der Waals surface area contributed by atoms with Crippen LogP contribution in [0.2, 0.25) is 10.0 Å². The van der Waals surface area contributed by atoms with Crippen molar-refractivity contribution in [2.24, 2.45) is 11.7 Å². The van der Waals surface area contributed by atoms with Crippen molar-refractivity contribution in [1.29, 1.82) is 0 Å².